The number of aliphatic hydroxyl groups is 1. The van der Waals surface area contributed by atoms with Crippen molar-refractivity contribution in [1.29, 1.82) is 0 Å². The highest BCUT2D eigenvalue weighted by atomic mass is 32.2. The second-order valence-corrected chi connectivity index (χ2v) is 6.76. The zero-order chi connectivity index (χ0) is 14.7. The topological polar surface area (TPSA) is 92.4 Å². The SMILES string of the molecule is CCC(C)(CCO)NS(=O)(=O)c1cc(C)cc(N)c1. The summed E-state index contributed by atoms with van der Waals surface area (Å²) in [6.45, 7) is 5.38. The van der Waals surface area contributed by atoms with E-state index in [4.69, 9.17) is 10.8 Å². The summed E-state index contributed by atoms with van der Waals surface area (Å²) in [4.78, 5) is 0.155. The maximum Gasteiger partial charge on any atom is 0.241 e. The van der Waals surface area contributed by atoms with Gasteiger partial charge in [0.1, 0.15) is 0 Å². The molecule has 0 saturated carbocycles. The molecule has 0 spiro atoms. The third kappa shape index (κ3) is 4.19. The zero-order valence-corrected chi connectivity index (χ0v) is 12.4. The highest BCUT2D eigenvalue weighted by molar-refractivity contribution is 7.89. The summed E-state index contributed by atoms with van der Waals surface area (Å²) in [6, 6.07) is 4.73. The number of hydrogen-bond donors (Lipinski definition) is 3. The van der Waals surface area contributed by atoms with Crippen LogP contribution in [-0.4, -0.2) is 25.7 Å². The van der Waals surface area contributed by atoms with Crippen LogP contribution in [0.1, 0.15) is 32.3 Å². The molecule has 1 unspecified atom stereocenters. The number of aryl methyl sites for hydroxylation is 1. The number of aliphatic hydroxyl groups excluding tert-OH is 1. The fourth-order valence-electron chi connectivity index (χ4n) is 1.86. The van der Waals surface area contributed by atoms with Crippen LogP contribution >= 0.6 is 0 Å². The van der Waals surface area contributed by atoms with Crippen LogP contribution in [0.3, 0.4) is 0 Å². The van der Waals surface area contributed by atoms with E-state index in [1.54, 1.807) is 26.0 Å². The lowest BCUT2D eigenvalue weighted by Gasteiger charge is -2.28. The van der Waals surface area contributed by atoms with Gasteiger partial charge < -0.3 is 10.8 Å². The van der Waals surface area contributed by atoms with Gasteiger partial charge in [-0.1, -0.05) is 6.92 Å². The molecule has 0 aliphatic carbocycles. The van der Waals surface area contributed by atoms with Crippen molar-refractivity contribution in [3.63, 3.8) is 0 Å². The van der Waals surface area contributed by atoms with Crippen LogP contribution in [0.2, 0.25) is 0 Å². The second-order valence-electron chi connectivity index (χ2n) is 5.07. The van der Waals surface area contributed by atoms with Gasteiger partial charge in [-0.05, 0) is 50.5 Å². The van der Waals surface area contributed by atoms with Gasteiger partial charge in [0.2, 0.25) is 10.0 Å². The Morgan fingerprint density at radius 3 is 2.47 bits per heavy atom. The average Bonchev–Trinajstić information content (AvgIpc) is 2.27. The van der Waals surface area contributed by atoms with E-state index in [0.29, 0.717) is 18.5 Å². The molecule has 5 nitrogen and oxygen atoms in total. The maximum absolute atomic E-state index is 12.3. The van der Waals surface area contributed by atoms with Gasteiger partial charge >= 0.3 is 0 Å². The van der Waals surface area contributed by atoms with E-state index < -0.39 is 15.6 Å². The first-order chi connectivity index (χ1) is 8.72. The van der Waals surface area contributed by atoms with Crippen LogP contribution in [0.25, 0.3) is 0 Å². The first-order valence-corrected chi connectivity index (χ1v) is 7.73. The standard InChI is InChI=1S/C13H22N2O3S/c1-4-13(3,5-6-16)15-19(17,18)12-8-10(2)7-11(14)9-12/h7-9,15-16H,4-6,14H2,1-3H3. The number of benzene rings is 1. The molecule has 0 heterocycles. The van der Waals surface area contributed by atoms with Gasteiger partial charge in [-0.15, -0.1) is 0 Å². The first kappa shape index (κ1) is 15.9. The lowest BCUT2D eigenvalue weighted by Crippen LogP contribution is -2.46. The number of nitrogens with two attached hydrogens (primary N) is 1. The van der Waals surface area contributed by atoms with E-state index in [0.717, 1.165) is 5.56 Å². The van der Waals surface area contributed by atoms with E-state index in [1.807, 2.05) is 6.92 Å². The maximum atomic E-state index is 12.3. The first-order valence-electron chi connectivity index (χ1n) is 6.24. The third-order valence-corrected chi connectivity index (χ3v) is 4.83. The Morgan fingerprint density at radius 2 is 2.00 bits per heavy atom. The van der Waals surface area contributed by atoms with Crippen LogP contribution < -0.4 is 10.5 Å². The summed E-state index contributed by atoms with van der Waals surface area (Å²) in [5.41, 5.74) is 6.23. The molecule has 1 rings (SSSR count). The van der Waals surface area contributed by atoms with E-state index in [9.17, 15) is 8.42 Å². The molecule has 6 heteroatoms. The summed E-state index contributed by atoms with van der Waals surface area (Å²) in [6.07, 6.45) is 0.956. The van der Waals surface area contributed by atoms with Crippen molar-refractivity contribution in [1.82, 2.24) is 4.72 Å². The van der Waals surface area contributed by atoms with Gasteiger partial charge in [0.25, 0.3) is 0 Å². The van der Waals surface area contributed by atoms with Crippen LogP contribution in [0.4, 0.5) is 5.69 Å². The van der Waals surface area contributed by atoms with Crippen LogP contribution in [-0.2, 0) is 10.0 Å². The minimum Gasteiger partial charge on any atom is -0.399 e. The molecule has 1 atom stereocenters. The molecule has 1 aromatic carbocycles. The van der Waals surface area contributed by atoms with Gasteiger partial charge in [0.15, 0.2) is 0 Å². The van der Waals surface area contributed by atoms with Gasteiger partial charge in [-0.2, -0.15) is 0 Å². The zero-order valence-electron chi connectivity index (χ0n) is 11.6. The highest BCUT2D eigenvalue weighted by Gasteiger charge is 2.28. The van der Waals surface area contributed by atoms with Crippen molar-refractivity contribution in [2.75, 3.05) is 12.3 Å². The van der Waals surface area contributed by atoms with Crippen LogP contribution in [0, 0.1) is 6.92 Å². The molecule has 1 aromatic rings. The molecule has 4 N–H and O–H groups in total. The molecule has 0 saturated heterocycles. The summed E-state index contributed by atoms with van der Waals surface area (Å²) in [7, 11) is -3.64. The lowest BCUT2D eigenvalue weighted by atomic mass is 9.97. The average molecular weight is 286 g/mol. The molecular weight excluding hydrogens is 264 g/mol. The Labute approximate surface area is 114 Å². The molecule has 0 aromatic heterocycles. The smallest absolute Gasteiger partial charge is 0.241 e. The minimum atomic E-state index is -3.64. The van der Waals surface area contributed by atoms with E-state index in [2.05, 4.69) is 4.72 Å². The van der Waals surface area contributed by atoms with Crippen molar-refractivity contribution < 1.29 is 13.5 Å². The fraction of sp³-hybridized carbons (Fsp3) is 0.538. The monoisotopic (exact) mass is 286 g/mol. The molecule has 19 heavy (non-hydrogen) atoms. The quantitative estimate of drug-likeness (QED) is 0.689. The van der Waals surface area contributed by atoms with Crippen LogP contribution in [0.15, 0.2) is 23.1 Å². The Balaban J connectivity index is 3.10. The fourth-order valence-corrected chi connectivity index (χ4v) is 3.51. The summed E-state index contributed by atoms with van der Waals surface area (Å²) in [5, 5.41) is 9.03. The number of rotatable bonds is 6. The van der Waals surface area contributed by atoms with Gasteiger partial charge in [-0.25, -0.2) is 13.1 Å². The van der Waals surface area contributed by atoms with E-state index >= 15 is 0 Å². The molecule has 0 amide bonds. The van der Waals surface area contributed by atoms with Gasteiger partial charge in [0.05, 0.1) is 4.90 Å². The second kappa shape index (κ2) is 5.90. The Kier molecular flexibility index (Phi) is 4.95. The minimum absolute atomic E-state index is 0.0667. The largest absolute Gasteiger partial charge is 0.399 e. The summed E-state index contributed by atoms with van der Waals surface area (Å²) < 4.78 is 27.3. The molecular formula is C13H22N2O3S. The Hall–Kier alpha value is -1.11. The number of anilines is 1. The van der Waals surface area contributed by atoms with E-state index in [-0.39, 0.29) is 11.5 Å². The van der Waals surface area contributed by atoms with E-state index in [1.165, 1.54) is 6.07 Å². The predicted octanol–water partition coefficient (Wildman–Crippen LogP) is 1.41. The number of hydrogen-bond acceptors (Lipinski definition) is 4. The molecule has 0 aliphatic heterocycles. The number of nitrogens with one attached hydrogen (secondary N) is 1. The summed E-state index contributed by atoms with van der Waals surface area (Å²) in [5.74, 6) is 0. The van der Waals surface area contributed by atoms with Gasteiger partial charge in [-0.3, -0.25) is 0 Å². The highest BCUT2D eigenvalue weighted by Crippen LogP contribution is 2.21. The third-order valence-electron chi connectivity index (χ3n) is 3.21. The van der Waals surface area contributed by atoms with Crippen molar-refractivity contribution in [2.45, 2.75) is 44.0 Å². The Morgan fingerprint density at radius 1 is 1.37 bits per heavy atom. The molecule has 108 valence electrons. The number of nitrogen functional groups attached to an aromatic ring is 1. The normalized spacial score (nSPS) is 15.2. The predicted molar refractivity (Wildman–Crippen MR) is 76.3 cm³/mol. The van der Waals surface area contributed by atoms with Crippen molar-refractivity contribution in [2.24, 2.45) is 0 Å². The van der Waals surface area contributed by atoms with Crippen molar-refractivity contribution in [3.8, 4) is 0 Å². The van der Waals surface area contributed by atoms with Gasteiger partial charge in [0, 0.05) is 17.8 Å². The molecule has 0 aliphatic rings. The number of sulfonamides is 1. The van der Waals surface area contributed by atoms with Crippen molar-refractivity contribution >= 4 is 15.7 Å². The molecule has 0 radical (unpaired) electrons. The lowest BCUT2D eigenvalue weighted by molar-refractivity contribution is 0.233. The molecule has 0 bridgehead atoms. The molecule has 0 fully saturated rings. The summed E-state index contributed by atoms with van der Waals surface area (Å²) >= 11 is 0. The van der Waals surface area contributed by atoms with Crippen LogP contribution in [0.5, 0.6) is 0 Å². The Bertz CT molecular complexity index is 523. The van der Waals surface area contributed by atoms with Crippen molar-refractivity contribution in [3.05, 3.63) is 23.8 Å².